The largest absolute Gasteiger partial charge is 0.351 e. The smallest absolute Gasteiger partial charge is 0.263 e. The number of carbonyl (C=O) groups excluding carboxylic acids is 1. The minimum absolute atomic E-state index is 0.00159. The predicted molar refractivity (Wildman–Crippen MR) is 84.1 cm³/mol. The normalized spacial score (nSPS) is 10.5. The molecule has 1 amide bonds. The molecule has 0 fully saturated rings. The van der Waals surface area contributed by atoms with Crippen LogP contribution in [0.2, 0.25) is 0 Å². The molecule has 3 nitrogen and oxygen atoms in total. The molecule has 20 heavy (non-hydrogen) atoms. The molecule has 106 valence electrons. The zero-order chi connectivity index (χ0) is 14.4. The van der Waals surface area contributed by atoms with Gasteiger partial charge in [0.2, 0.25) is 0 Å². The second-order valence-corrected chi connectivity index (χ2v) is 5.76. The number of carbonyl (C=O) groups is 1. The number of nitrogens with zero attached hydrogens (tertiary/aromatic N) is 1. The first kappa shape index (κ1) is 14.7. The first-order valence-corrected chi connectivity index (χ1v) is 7.85. The van der Waals surface area contributed by atoms with Gasteiger partial charge in [0, 0.05) is 12.1 Å². The van der Waals surface area contributed by atoms with E-state index in [1.165, 1.54) is 11.3 Å². The van der Waals surface area contributed by atoms with E-state index in [1.54, 1.807) is 0 Å². The van der Waals surface area contributed by atoms with E-state index in [-0.39, 0.29) is 5.91 Å². The van der Waals surface area contributed by atoms with Gasteiger partial charge in [0.25, 0.3) is 5.91 Å². The molecule has 0 spiro atoms. The van der Waals surface area contributed by atoms with Crippen LogP contribution >= 0.6 is 11.3 Å². The number of rotatable bonds is 6. The molecule has 1 heterocycles. The van der Waals surface area contributed by atoms with E-state index in [0.29, 0.717) is 0 Å². The maximum Gasteiger partial charge on any atom is 0.263 e. The molecule has 1 aromatic carbocycles. The lowest BCUT2D eigenvalue weighted by Gasteiger charge is -2.02. The standard InChI is InChI=1S/C16H20N2OS/c1-3-4-8-11-17-15(19)14-12(2)18-16(20-14)13-9-6-5-7-10-13/h5-7,9-10H,3-4,8,11H2,1-2H3,(H,17,19). The number of amides is 1. The topological polar surface area (TPSA) is 42.0 Å². The van der Waals surface area contributed by atoms with Crippen LogP contribution in [0.1, 0.15) is 41.6 Å². The molecule has 1 aromatic heterocycles. The zero-order valence-electron chi connectivity index (χ0n) is 12.0. The number of thiazole rings is 1. The number of unbranched alkanes of at least 4 members (excludes halogenated alkanes) is 2. The SMILES string of the molecule is CCCCCNC(=O)c1sc(-c2ccccc2)nc1C. The molecule has 0 aliphatic heterocycles. The van der Waals surface area contributed by atoms with E-state index in [4.69, 9.17) is 0 Å². The Labute approximate surface area is 124 Å². The van der Waals surface area contributed by atoms with Crippen molar-refractivity contribution in [1.82, 2.24) is 10.3 Å². The van der Waals surface area contributed by atoms with Gasteiger partial charge in [-0.3, -0.25) is 4.79 Å². The molecule has 2 rings (SSSR count). The average Bonchev–Trinajstić information content (AvgIpc) is 2.86. The van der Waals surface area contributed by atoms with Gasteiger partial charge in [0.05, 0.1) is 5.69 Å². The number of benzene rings is 1. The van der Waals surface area contributed by atoms with Gasteiger partial charge in [-0.1, -0.05) is 50.1 Å². The number of aromatic nitrogens is 1. The first-order chi connectivity index (χ1) is 9.72. The third kappa shape index (κ3) is 3.67. The Morgan fingerprint density at radius 2 is 2.00 bits per heavy atom. The Hall–Kier alpha value is -1.68. The van der Waals surface area contributed by atoms with Crippen LogP contribution in [-0.4, -0.2) is 17.4 Å². The fraction of sp³-hybridized carbons (Fsp3) is 0.375. The Balaban J connectivity index is 2.06. The highest BCUT2D eigenvalue weighted by Gasteiger charge is 2.15. The second-order valence-electron chi connectivity index (χ2n) is 4.76. The van der Waals surface area contributed by atoms with Crippen molar-refractivity contribution in [1.29, 1.82) is 0 Å². The minimum Gasteiger partial charge on any atom is -0.351 e. The summed E-state index contributed by atoms with van der Waals surface area (Å²) in [5.74, 6) is -0.00159. The molecule has 0 bridgehead atoms. The van der Waals surface area contributed by atoms with E-state index >= 15 is 0 Å². The fourth-order valence-electron chi connectivity index (χ4n) is 1.97. The monoisotopic (exact) mass is 288 g/mol. The van der Waals surface area contributed by atoms with E-state index < -0.39 is 0 Å². The third-order valence-corrected chi connectivity index (χ3v) is 4.29. The van der Waals surface area contributed by atoms with Crippen LogP contribution in [0.4, 0.5) is 0 Å². The van der Waals surface area contributed by atoms with E-state index in [0.717, 1.165) is 46.9 Å². The molecular formula is C16H20N2OS. The van der Waals surface area contributed by atoms with Crippen molar-refractivity contribution in [3.8, 4) is 10.6 Å². The molecule has 0 aliphatic rings. The van der Waals surface area contributed by atoms with Crippen LogP contribution < -0.4 is 5.32 Å². The predicted octanol–water partition coefficient (Wildman–Crippen LogP) is 4.04. The quantitative estimate of drug-likeness (QED) is 0.815. The summed E-state index contributed by atoms with van der Waals surface area (Å²) in [5.41, 5.74) is 1.87. The summed E-state index contributed by atoms with van der Waals surface area (Å²) in [6.45, 7) is 4.79. The van der Waals surface area contributed by atoms with Gasteiger partial charge in [-0.05, 0) is 13.3 Å². The first-order valence-electron chi connectivity index (χ1n) is 7.03. The van der Waals surface area contributed by atoms with Crippen LogP contribution in [0.5, 0.6) is 0 Å². The van der Waals surface area contributed by atoms with Gasteiger partial charge in [-0.25, -0.2) is 4.98 Å². The van der Waals surface area contributed by atoms with E-state index in [9.17, 15) is 4.79 Å². The highest BCUT2D eigenvalue weighted by Crippen LogP contribution is 2.27. The molecule has 0 aliphatic carbocycles. The molecule has 0 saturated heterocycles. The summed E-state index contributed by atoms with van der Waals surface area (Å²) < 4.78 is 0. The van der Waals surface area contributed by atoms with Crippen molar-refractivity contribution in [2.75, 3.05) is 6.54 Å². The average molecular weight is 288 g/mol. The van der Waals surface area contributed by atoms with Gasteiger partial charge in [0.15, 0.2) is 0 Å². The van der Waals surface area contributed by atoms with Crippen LogP contribution in [-0.2, 0) is 0 Å². The Bertz CT molecular complexity index is 563. The summed E-state index contributed by atoms with van der Waals surface area (Å²) in [4.78, 5) is 17.4. The molecule has 2 aromatic rings. The number of nitrogens with one attached hydrogen (secondary N) is 1. The second kappa shape index (κ2) is 7.20. The summed E-state index contributed by atoms with van der Waals surface area (Å²) in [6, 6.07) is 9.97. The van der Waals surface area contributed by atoms with Gasteiger partial charge < -0.3 is 5.32 Å². The summed E-state index contributed by atoms with van der Waals surface area (Å²) in [6.07, 6.45) is 3.34. The van der Waals surface area contributed by atoms with Crippen molar-refractivity contribution in [3.63, 3.8) is 0 Å². The molecule has 0 radical (unpaired) electrons. The highest BCUT2D eigenvalue weighted by molar-refractivity contribution is 7.17. The number of hydrogen-bond donors (Lipinski definition) is 1. The highest BCUT2D eigenvalue weighted by atomic mass is 32.1. The summed E-state index contributed by atoms with van der Waals surface area (Å²) >= 11 is 1.46. The van der Waals surface area contributed by atoms with Crippen molar-refractivity contribution >= 4 is 17.2 Å². The Morgan fingerprint density at radius 1 is 1.25 bits per heavy atom. The van der Waals surface area contributed by atoms with Crippen LogP contribution in [0, 0.1) is 6.92 Å². The summed E-state index contributed by atoms with van der Waals surface area (Å²) in [7, 11) is 0. The van der Waals surface area contributed by atoms with Crippen LogP contribution in [0.3, 0.4) is 0 Å². The van der Waals surface area contributed by atoms with Crippen LogP contribution in [0.25, 0.3) is 10.6 Å². The molecule has 0 saturated carbocycles. The lowest BCUT2D eigenvalue weighted by molar-refractivity contribution is 0.0956. The van der Waals surface area contributed by atoms with Crippen molar-refractivity contribution < 1.29 is 4.79 Å². The van der Waals surface area contributed by atoms with Crippen molar-refractivity contribution in [3.05, 3.63) is 40.9 Å². The molecule has 0 unspecified atom stereocenters. The fourth-order valence-corrected chi connectivity index (χ4v) is 2.96. The van der Waals surface area contributed by atoms with Gasteiger partial charge in [-0.2, -0.15) is 0 Å². The molecule has 1 N–H and O–H groups in total. The summed E-state index contributed by atoms with van der Waals surface area (Å²) in [5, 5.41) is 3.88. The maximum absolute atomic E-state index is 12.1. The third-order valence-electron chi connectivity index (χ3n) is 3.09. The van der Waals surface area contributed by atoms with Crippen molar-refractivity contribution in [2.45, 2.75) is 33.1 Å². The lowest BCUT2D eigenvalue weighted by Crippen LogP contribution is -2.24. The Morgan fingerprint density at radius 3 is 2.70 bits per heavy atom. The Kier molecular flexibility index (Phi) is 5.30. The van der Waals surface area contributed by atoms with E-state index in [2.05, 4.69) is 17.2 Å². The van der Waals surface area contributed by atoms with Gasteiger partial charge >= 0.3 is 0 Å². The van der Waals surface area contributed by atoms with Gasteiger partial charge in [-0.15, -0.1) is 11.3 Å². The molecule has 4 heteroatoms. The minimum atomic E-state index is -0.00159. The number of hydrogen-bond acceptors (Lipinski definition) is 3. The zero-order valence-corrected chi connectivity index (χ0v) is 12.8. The van der Waals surface area contributed by atoms with Crippen LogP contribution in [0.15, 0.2) is 30.3 Å². The van der Waals surface area contributed by atoms with E-state index in [1.807, 2.05) is 37.3 Å². The molecular weight excluding hydrogens is 268 g/mol. The molecule has 0 atom stereocenters. The maximum atomic E-state index is 12.1. The lowest BCUT2D eigenvalue weighted by atomic mass is 10.2. The number of aryl methyl sites for hydroxylation is 1. The van der Waals surface area contributed by atoms with Crippen molar-refractivity contribution in [2.24, 2.45) is 0 Å². The van der Waals surface area contributed by atoms with Gasteiger partial charge in [0.1, 0.15) is 9.88 Å².